The quantitative estimate of drug-likeness (QED) is 0.588. The summed E-state index contributed by atoms with van der Waals surface area (Å²) in [5.41, 5.74) is 4.76. The highest BCUT2D eigenvalue weighted by atomic mass is 16.6. The first-order valence-electron chi connectivity index (χ1n) is 8.02. The third-order valence-corrected chi connectivity index (χ3v) is 3.80. The smallest absolute Gasteiger partial charge is 0.344 e. The fourth-order valence-electron chi connectivity index (χ4n) is 2.78. The van der Waals surface area contributed by atoms with Crippen LogP contribution in [0.15, 0.2) is 30.3 Å². The van der Waals surface area contributed by atoms with Crippen LogP contribution < -0.4 is 9.47 Å². The minimum absolute atomic E-state index is 0.342. The van der Waals surface area contributed by atoms with Crippen LogP contribution in [-0.4, -0.2) is 12.6 Å². The second-order valence-corrected chi connectivity index (χ2v) is 5.73. The summed E-state index contributed by atoms with van der Waals surface area (Å²) in [6.45, 7) is 10.4. The summed E-state index contributed by atoms with van der Waals surface area (Å²) in [7, 11) is 0. The summed E-state index contributed by atoms with van der Waals surface area (Å²) < 4.78 is 11.2. The number of ether oxygens (including phenoxy) is 2. The lowest BCUT2D eigenvalue weighted by Crippen LogP contribution is -2.13. The van der Waals surface area contributed by atoms with Crippen molar-refractivity contribution in [3.8, 4) is 11.5 Å². The van der Waals surface area contributed by atoms with E-state index in [0.717, 1.165) is 28.7 Å². The molecule has 0 saturated carbocycles. The van der Waals surface area contributed by atoms with E-state index >= 15 is 0 Å². The van der Waals surface area contributed by atoms with Crippen LogP contribution in [0.4, 0.5) is 0 Å². The molecule has 0 amide bonds. The second-order valence-electron chi connectivity index (χ2n) is 5.73. The Kier molecular flexibility index (Phi) is 5.43. The van der Waals surface area contributed by atoms with Crippen molar-refractivity contribution < 1.29 is 14.3 Å². The van der Waals surface area contributed by atoms with Gasteiger partial charge in [0, 0.05) is 0 Å². The number of carbonyl (C=O) groups is 1. The fourth-order valence-corrected chi connectivity index (χ4v) is 2.78. The lowest BCUT2D eigenvalue weighted by atomic mass is 10.00. The average molecular weight is 312 g/mol. The lowest BCUT2D eigenvalue weighted by Gasteiger charge is -2.14. The number of benzene rings is 2. The van der Waals surface area contributed by atoms with Crippen molar-refractivity contribution in [2.24, 2.45) is 0 Å². The number of carbonyl (C=O) groups excluding carboxylic acids is 1. The number of esters is 1. The molecule has 0 spiro atoms. The van der Waals surface area contributed by atoms with E-state index in [9.17, 15) is 4.79 Å². The number of aryl methyl sites for hydroxylation is 4. The first kappa shape index (κ1) is 17.1. The molecule has 2 aromatic carbocycles. The van der Waals surface area contributed by atoms with Crippen molar-refractivity contribution in [2.75, 3.05) is 6.61 Å². The predicted molar refractivity (Wildman–Crippen MR) is 92.6 cm³/mol. The van der Waals surface area contributed by atoms with Gasteiger partial charge < -0.3 is 9.47 Å². The molecule has 0 fully saturated rings. The topological polar surface area (TPSA) is 35.5 Å². The highest BCUT2D eigenvalue weighted by molar-refractivity contribution is 5.94. The van der Waals surface area contributed by atoms with Crippen molar-refractivity contribution in [3.63, 3.8) is 0 Å². The van der Waals surface area contributed by atoms with Crippen molar-refractivity contribution >= 4 is 5.97 Å². The summed E-state index contributed by atoms with van der Waals surface area (Å²) in [4.78, 5) is 12.6. The van der Waals surface area contributed by atoms with Crippen molar-refractivity contribution in [1.82, 2.24) is 0 Å². The lowest BCUT2D eigenvalue weighted by molar-refractivity contribution is 0.0727. The molecule has 0 aliphatic rings. The zero-order chi connectivity index (χ0) is 17.0. The Balaban J connectivity index is 2.34. The van der Waals surface area contributed by atoms with Crippen molar-refractivity contribution in [3.05, 3.63) is 58.1 Å². The molecule has 2 rings (SSSR count). The first-order chi connectivity index (χ1) is 11.0. The largest absolute Gasteiger partial charge is 0.490 e. The third kappa shape index (κ3) is 3.92. The monoisotopic (exact) mass is 312 g/mol. The van der Waals surface area contributed by atoms with E-state index in [0.29, 0.717) is 23.7 Å². The molecule has 0 aromatic heterocycles. The molecule has 0 atom stereocenters. The average Bonchev–Trinajstić information content (AvgIpc) is 2.48. The molecule has 3 nitrogen and oxygen atoms in total. The molecule has 0 bridgehead atoms. The maximum Gasteiger partial charge on any atom is 0.344 e. The first-order valence-corrected chi connectivity index (χ1v) is 8.02. The van der Waals surface area contributed by atoms with Gasteiger partial charge in [-0.3, -0.25) is 0 Å². The second kappa shape index (κ2) is 7.32. The Labute approximate surface area is 138 Å². The molecule has 0 heterocycles. The van der Waals surface area contributed by atoms with Gasteiger partial charge >= 0.3 is 5.97 Å². The van der Waals surface area contributed by atoms with Crippen LogP contribution in [-0.2, 0) is 6.42 Å². The Hall–Kier alpha value is -2.29. The molecule has 0 radical (unpaired) electrons. The van der Waals surface area contributed by atoms with E-state index in [4.69, 9.17) is 9.47 Å². The van der Waals surface area contributed by atoms with E-state index in [-0.39, 0.29) is 5.97 Å². The minimum Gasteiger partial charge on any atom is -0.490 e. The molecular weight excluding hydrogens is 288 g/mol. The van der Waals surface area contributed by atoms with Crippen LogP contribution >= 0.6 is 0 Å². The maximum absolute atomic E-state index is 12.6. The van der Waals surface area contributed by atoms with Crippen LogP contribution in [0.3, 0.4) is 0 Å². The molecule has 0 unspecified atom stereocenters. The van der Waals surface area contributed by atoms with Gasteiger partial charge in [0.2, 0.25) is 0 Å². The van der Waals surface area contributed by atoms with Crippen molar-refractivity contribution in [2.45, 2.75) is 41.0 Å². The highest BCUT2D eigenvalue weighted by Gasteiger charge is 2.17. The Morgan fingerprint density at radius 3 is 2.17 bits per heavy atom. The zero-order valence-corrected chi connectivity index (χ0v) is 14.5. The van der Waals surface area contributed by atoms with E-state index in [2.05, 4.69) is 6.92 Å². The van der Waals surface area contributed by atoms with E-state index in [1.165, 1.54) is 0 Å². The van der Waals surface area contributed by atoms with Crippen LogP contribution in [0.2, 0.25) is 0 Å². The number of hydrogen-bond acceptors (Lipinski definition) is 3. The highest BCUT2D eigenvalue weighted by Crippen LogP contribution is 2.30. The Bertz CT molecular complexity index is 694. The van der Waals surface area contributed by atoms with Gasteiger partial charge in [0.1, 0.15) is 0 Å². The van der Waals surface area contributed by atoms with Gasteiger partial charge in [-0.2, -0.15) is 0 Å². The standard InChI is InChI=1S/C20H24O3/c1-6-16-8-9-17(18(12-16)22-7-2)23-20(21)19-14(4)10-13(3)11-15(19)5/h8-12H,6-7H2,1-5H3. The summed E-state index contributed by atoms with van der Waals surface area (Å²) in [5, 5.41) is 0. The number of hydrogen-bond donors (Lipinski definition) is 0. The SMILES string of the molecule is CCOc1cc(CC)ccc1OC(=O)c1c(C)cc(C)cc1C. The van der Waals surface area contributed by atoms with Gasteiger partial charge in [0.25, 0.3) is 0 Å². The van der Waals surface area contributed by atoms with Gasteiger partial charge in [0.15, 0.2) is 11.5 Å². The van der Waals surface area contributed by atoms with Crippen LogP contribution in [0, 0.1) is 20.8 Å². The van der Waals surface area contributed by atoms with Crippen LogP contribution in [0.5, 0.6) is 11.5 Å². The fraction of sp³-hybridized carbons (Fsp3) is 0.350. The molecular formula is C20H24O3. The van der Waals surface area contributed by atoms with Gasteiger partial charge in [-0.05, 0) is 62.9 Å². The maximum atomic E-state index is 12.6. The third-order valence-electron chi connectivity index (χ3n) is 3.80. The van der Waals surface area contributed by atoms with Crippen LogP contribution in [0.25, 0.3) is 0 Å². The molecule has 0 N–H and O–H groups in total. The predicted octanol–water partition coefficient (Wildman–Crippen LogP) is 4.79. The Morgan fingerprint density at radius 1 is 0.957 bits per heavy atom. The van der Waals surface area contributed by atoms with Crippen LogP contribution in [0.1, 0.15) is 46.5 Å². The van der Waals surface area contributed by atoms with E-state index in [1.807, 2.05) is 52.0 Å². The minimum atomic E-state index is -0.342. The van der Waals surface area contributed by atoms with E-state index in [1.54, 1.807) is 6.07 Å². The normalized spacial score (nSPS) is 10.5. The van der Waals surface area contributed by atoms with Gasteiger partial charge in [-0.1, -0.05) is 30.7 Å². The molecule has 0 aliphatic heterocycles. The van der Waals surface area contributed by atoms with Gasteiger partial charge in [-0.15, -0.1) is 0 Å². The molecule has 23 heavy (non-hydrogen) atoms. The molecule has 0 saturated heterocycles. The summed E-state index contributed by atoms with van der Waals surface area (Å²) in [5.74, 6) is 0.737. The molecule has 3 heteroatoms. The summed E-state index contributed by atoms with van der Waals surface area (Å²) in [6, 6.07) is 9.68. The summed E-state index contributed by atoms with van der Waals surface area (Å²) >= 11 is 0. The zero-order valence-electron chi connectivity index (χ0n) is 14.5. The Morgan fingerprint density at radius 2 is 1.61 bits per heavy atom. The molecule has 122 valence electrons. The number of rotatable bonds is 5. The summed E-state index contributed by atoms with van der Waals surface area (Å²) in [6.07, 6.45) is 0.907. The van der Waals surface area contributed by atoms with Gasteiger partial charge in [-0.25, -0.2) is 4.79 Å². The van der Waals surface area contributed by atoms with Crippen molar-refractivity contribution in [1.29, 1.82) is 0 Å². The molecule has 0 aliphatic carbocycles. The molecule has 2 aromatic rings. The van der Waals surface area contributed by atoms with Gasteiger partial charge in [0.05, 0.1) is 12.2 Å². The van der Waals surface area contributed by atoms with E-state index < -0.39 is 0 Å².